The topological polar surface area (TPSA) is 85.3 Å². The molecule has 27 heavy (non-hydrogen) atoms. The predicted octanol–water partition coefficient (Wildman–Crippen LogP) is 4.00. The minimum absolute atomic E-state index is 0.135. The van der Waals surface area contributed by atoms with E-state index >= 15 is 0 Å². The summed E-state index contributed by atoms with van der Waals surface area (Å²) in [6.45, 7) is 5.81. The highest BCUT2D eigenvalue weighted by molar-refractivity contribution is 8.00. The fourth-order valence-electron chi connectivity index (χ4n) is 3.03. The Kier molecular flexibility index (Phi) is 4.57. The number of thioether (sulfide) groups is 1. The number of carbonyl (C=O) groups is 1. The van der Waals surface area contributed by atoms with Gasteiger partial charge in [0.2, 0.25) is 5.91 Å². The lowest BCUT2D eigenvalue weighted by molar-refractivity contribution is -0.115. The van der Waals surface area contributed by atoms with Crippen LogP contribution < -0.4 is 5.32 Å². The van der Waals surface area contributed by atoms with Crippen molar-refractivity contribution in [2.75, 3.05) is 5.32 Å². The van der Waals surface area contributed by atoms with Crippen LogP contribution in [-0.4, -0.2) is 30.9 Å². The van der Waals surface area contributed by atoms with Gasteiger partial charge in [-0.1, -0.05) is 42.0 Å². The van der Waals surface area contributed by atoms with Crippen LogP contribution in [0.5, 0.6) is 0 Å². The van der Waals surface area contributed by atoms with E-state index in [4.69, 9.17) is 4.52 Å². The summed E-state index contributed by atoms with van der Waals surface area (Å²) >= 11 is 1.40. The summed E-state index contributed by atoms with van der Waals surface area (Å²) in [6.07, 6.45) is 0.645. The third-order valence-corrected chi connectivity index (χ3v) is 5.67. The average molecular weight is 381 g/mol. The van der Waals surface area contributed by atoms with Gasteiger partial charge in [0.05, 0.1) is 10.8 Å². The number of fused-ring (bicyclic) bond motifs is 3. The summed E-state index contributed by atoms with van der Waals surface area (Å²) in [7, 11) is 0. The van der Waals surface area contributed by atoms with Crippen molar-refractivity contribution in [3.63, 3.8) is 0 Å². The van der Waals surface area contributed by atoms with Gasteiger partial charge in [0.15, 0.2) is 16.6 Å². The Balaban J connectivity index is 1.67. The summed E-state index contributed by atoms with van der Waals surface area (Å²) in [5.74, 6) is 0.934. The molecule has 7 nitrogen and oxygen atoms in total. The molecule has 3 heterocycles. The molecule has 4 rings (SSSR count). The first-order chi connectivity index (χ1) is 13.1. The van der Waals surface area contributed by atoms with Crippen LogP contribution in [0.25, 0.3) is 16.6 Å². The Bertz CT molecular complexity index is 1130. The molecule has 1 unspecified atom stereocenters. The molecule has 1 amide bonds. The molecule has 0 aliphatic heterocycles. The highest BCUT2D eigenvalue weighted by Crippen LogP contribution is 2.29. The van der Waals surface area contributed by atoms with E-state index in [2.05, 4.69) is 33.7 Å². The third kappa shape index (κ3) is 3.28. The van der Waals surface area contributed by atoms with Crippen LogP contribution in [0, 0.1) is 13.8 Å². The number of nitrogens with one attached hydrogen (secondary N) is 1. The Morgan fingerprint density at radius 1 is 1.26 bits per heavy atom. The van der Waals surface area contributed by atoms with Crippen LogP contribution in [0.4, 0.5) is 5.82 Å². The van der Waals surface area contributed by atoms with Gasteiger partial charge in [-0.25, -0.2) is 0 Å². The van der Waals surface area contributed by atoms with Gasteiger partial charge < -0.3 is 9.84 Å². The van der Waals surface area contributed by atoms with Crippen molar-refractivity contribution in [3.8, 4) is 0 Å². The summed E-state index contributed by atoms with van der Waals surface area (Å²) in [4.78, 5) is 12.7. The molecule has 0 saturated heterocycles. The largest absolute Gasteiger partial charge is 0.360 e. The molecular weight excluding hydrogens is 362 g/mol. The van der Waals surface area contributed by atoms with Gasteiger partial charge in [-0.15, -0.1) is 10.2 Å². The molecular formula is C19H19N5O2S. The second-order valence-electron chi connectivity index (χ2n) is 6.35. The van der Waals surface area contributed by atoms with Crippen LogP contribution in [-0.2, 0) is 4.79 Å². The van der Waals surface area contributed by atoms with Crippen molar-refractivity contribution in [3.05, 3.63) is 47.7 Å². The Morgan fingerprint density at radius 3 is 2.81 bits per heavy atom. The summed E-state index contributed by atoms with van der Waals surface area (Å²) in [6, 6.07) is 11.8. The van der Waals surface area contributed by atoms with E-state index in [0.29, 0.717) is 23.2 Å². The first-order valence-corrected chi connectivity index (χ1v) is 9.59. The highest BCUT2D eigenvalue weighted by atomic mass is 32.2. The van der Waals surface area contributed by atoms with Crippen LogP contribution in [0.1, 0.15) is 24.7 Å². The predicted molar refractivity (Wildman–Crippen MR) is 105 cm³/mol. The number of aromatic nitrogens is 4. The number of rotatable bonds is 5. The molecule has 3 aromatic heterocycles. The minimum atomic E-state index is -0.325. The maximum atomic E-state index is 12.7. The second kappa shape index (κ2) is 7.03. The van der Waals surface area contributed by atoms with Gasteiger partial charge in [-0.3, -0.25) is 9.20 Å². The van der Waals surface area contributed by atoms with Crippen LogP contribution >= 0.6 is 11.8 Å². The number of amides is 1. The number of nitrogens with zero attached hydrogens (tertiary/aromatic N) is 4. The highest BCUT2D eigenvalue weighted by Gasteiger charge is 2.22. The van der Waals surface area contributed by atoms with Gasteiger partial charge in [-0.2, -0.15) is 0 Å². The number of hydrogen-bond acceptors (Lipinski definition) is 6. The number of pyridine rings is 1. The number of para-hydroxylation sites is 1. The molecule has 1 aromatic carbocycles. The van der Waals surface area contributed by atoms with Gasteiger partial charge in [-0.05, 0) is 38.0 Å². The number of carbonyl (C=O) groups excluding carboxylic acids is 1. The molecule has 0 saturated carbocycles. The van der Waals surface area contributed by atoms with Gasteiger partial charge in [0, 0.05) is 11.5 Å². The lowest BCUT2D eigenvalue weighted by Crippen LogP contribution is -2.25. The normalized spacial score (nSPS) is 12.6. The molecule has 1 atom stereocenters. The van der Waals surface area contributed by atoms with Crippen molar-refractivity contribution in [1.82, 2.24) is 19.8 Å². The van der Waals surface area contributed by atoms with E-state index < -0.39 is 0 Å². The van der Waals surface area contributed by atoms with Gasteiger partial charge in [0.25, 0.3) is 0 Å². The lowest BCUT2D eigenvalue weighted by atomic mass is 10.1. The van der Waals surface area contributed by atoms with E-state index in [-0.39, 0.29) is 11.2 Å². The third-order valence-electron chi connectivity index (χ3n) is 4.36. The van der Waals surface area contributed by atoms with E-state index in [1.807, 2.05) is 35.6 Å². The molecule has 1 N–H and O–H groups in total. The number of hydrogen-bond donors (Lipinski definition) is 1. The second-order valence-corrected chi connectivity index (χ2v) is 7.52. The molecule has 8 heteroatoms. The number of aryl methyl sites for hydroxylation is 2. The van der Waals surface area contributed by atoms with E-state index in [0.717, 1.165) is 22.1 Å². The zero-order valence-corrected chi connectivity index (χ0v) is 16.1. The molecule has 4 aromatic rings. The average Bonchev–Trinajstić information content (AvgIpc) is 3.25. The Morgan fingerprint density at radius 2 is 2.07 bits per heavy atom. The SMILES string of the molecule is CCC(Sc1nnc2cc(C)c3ccccc3n12)C(=O)Nc1cc(C)on1. The van der Waals surface area contributed by atoms with E-state index in [1.165, 1.54) is 11.8 Å². The smallest absolute Gasteiger partial charge is 0.239 e. The van der Waals surface area contributed by atoms with Crippen molar-refractivity contribution in [2.24, 2.45) is 0 Å². The molecule has 0 bridgehead atoms. The lowest BCUT2D eigenvalue weighted by Gasteiger charge is -2.13. The Labute approximate surface area is 160 Å². The monoisotopic (exact) mass is 381 g/mol. The summed E-state index contributed by atoms with van der Waals surface area (Å²) in [5, 5.41) is 16.8. The molecule has 0 spiro atoms. The molecule has 0 fully saturated rings. The summed E-state index contributed by atoms with van der Waals surface area (Å²) in [5.41, 5.74) is 2.95. The van der Waals surface area contributed by atoms with Crippen LogP contribution in [0.3, 0.4) is 0 Å². The Hall–Kier alpha value is -2.87. The van der Waals surface area contributed by atoms with E-state index in [9.17, 15) is 4.79 Å². The molecule has 0 radical (unpaired) electrons. The van der Waals surface area contributed by atoms with Crippen molar-refractivity contribution in [1.29, 1.82) is 0 Å². The number of anilines is 1. The van der Waals surface area contributed by atoms with Gasteiger partial charge >= 0.3 is 0 Å². The quantitative estimate of drug-likeness (QED) is 0.526. The maximum Gasteiger partial charge on any atom is 0.239 e. The van der Waals surface area contributed by atoms with Gasteiger partial charge in [0.1, 0.15) is 5.76 Å². The number of benzene rings is 1. The minimum Gasteiger partial charge on any atom is -0.360 e. The fraction of sp³-hybridized carbons (Fsp3) is 0.263. The first-order valence-electron chi connectivity index (χ1n) is 8.71. The van der Waals surface area contributed by atoms with Crippen LogP contribution in [0.15, 0.2) is 46.1 Å². The van der Waals surface area contributed by atoms with Crippen molar-refractivity contribution in [2.45, 2.75) is 37.6 Å². The van der Waals surface area contributed by atoms with Crippen LogP contribution in [0.2, 0.25) is 0 Å². The van der Waals surface area contributed by atoms with E-state index in [1.54, 1.807) is 13.0 Å². The summed E-state index contributed by atoms with van der Waals surface area (Å²) < 4.78 is 7.01. The van der Waals surface area contributed by atoms with Crippen molar-refractivity contribution >= 4 is 40.0 Å². The fourth-order valence-corrected chi connectivity index (χ4v) is 4.00. The molecule has 0 aliphatic rings. The maximum absolute atomic E-state index is 12.7. The molecule has 138 valence electrons. The molecule has 0 aliphatic carbocycles. The standard InChI is InChI=1S/C19H19N5O2S/c1-4-15(18(25)20-16-10-12(3)26-23-16)27-19-22-21-17-9-11(2)13-7-5-6-8-14(13)24(17)19/h5-10,15H,4H2,1-3H3,(H,20,23,25). The zero-order valence-electron chi connectivity index (χ0n) is 15.3. The first kappa shape index (κ1) is 17.5. The van der Waals surface area contributed by atoms with Crippen molar-refractivity contribution < 1.29 is 9.32 Å². The zero-order chi connectivity index (χ0) is 19.0.